The molecule has 2 rings (SSSR count). The van der Waals surface area contributed by atoms with Gasteiger partial charge in [0.15, 0.2) is 0 Å². The quantitative estimate of drug-likeness (QED) is 0.837. The molecule has 2 heteroatoms. The van der Waals surface area contributed by atoms with E-state index in [4.69, 9.17) is 0 Å². The van der Waals surface area contributed by atoms with Crippen molar-refractivity contribution in [1.29, 1.82) is 0 Å². The van der Waals surface area contributed by atoms with Crippen molar-refractivity contribution in [1.82, 2.24) is 10.2 Å². The molecule has 0 aliphatic carbocycles. The van der Waals surface area contributed by atoms with Crippen LogP contribution in [0.2, 0.25) is 0 Å². The van der Waals surface area contributed by atoms with Crippen molar-refractivity contribution >= 4 is 0 Å². The molecule has 1 aliphatic heterocycles. The number of likely N-dealkylation sites (tertiary alicyclic amines) is 1. The summed E-state index contributed by atoms with van der Waals surface area (Å²) < 4.78 is 0. The molecule has 0 unspecified atom stereocenters. The molecule has 0 saturated carbocycles. The minimum Gasteiger partial charge on any atom is -0.307 e. The molecule has 16 heavy (non-hydrogen) atoms. The van der Waals surface area contributed by atoms with Crippen LogP contribution < -0.4 is 5.32 Å². The molecule has 0 spiro atoms. The van der Waals surface area contributed by atoms with Gasteiger partial charge in [0, 0.05) is 12.1 Å². The molecule has 1 N–H and O–H groups in total. The molecular weight excluding hydrogens is 196 g/mol. The highest BCUT2D eigenvalue weighted by molar-refractivity contribution is 5.14. The Bertz CT molecular complexity index is 313. The van der Waals surface area contributed by atoms with Gasteiger partial charge in [0.1, 0.15) is 0 Å². The van der Waals surface area contributed by atoms with Gasteiger partial charge in [0.2, 0.25) is 0 Å². The summed E-state index contributed by atoms with van der Waals surface area (Å²) >= 11 is 0. The Balaban J connectivity index is 1.85. The molecule has 0 radical (unpaired) electrons. The summed E-state index contributed by atoms with van der Waals surface area (Å²) in [5, 5.41) is 3.71. The molecule has 1 aromatic rings. The minimum atomic E-state index is 0.322. The Morgan fingerprint density at radius 1 is 1.19 bits per heavy atom. The highest BCUT2D eigenvalue weighted by Gasteiger charge is 2.27. The fourth-order valence-electron chi connectivity index (χ4n) is 2.20. The lowest BCUT2D eigenvalue weighted by molar-refractivity contribution is 0.169. The van der Waals surface area contributed by atoms with Crippen molar-refractivity contribution in [3.63, 3.8) is 0 Å². The minimum absolute atomic E-state index is 0.322. The Hall–Kier alpha value is -0.860. The van der Waals surface area contributed by atoms with E-state index < -0.39 is 0 Å². The molecule has 1 fully saturated rings. The van der Waals surface area contributed by atoms with Crippen LogP contribution in [0.3, 0.4) is 0 Å². The Morgan fingerprint density at radius 3 is 2.44 bits per heavy atom. The topological polar surface area (TPSA) is 15.3 Å². The second-order valence-electron chi connectivity index (χ2n) is 5.20. The number of hydrogen-bond donors (Lipinski definition) is 1. The van der Waals surface area contributed by atoms with Crippen molar-refractivity contribution in [2.45, 2.75) is 31.8 Å². The fraction of sp³-hybridized carbons (Fsp3) is 0.571. The first kappa shape index (κ1) is 11.6. The number of hydrogen-bond acceptors (Lipinski definition) is 2. The van der Waals surface area contributed by atoms with Gasteiger partial charge >= 0.3 is 0 Å². The second-order valence-corrected chi connectivity index (χ2v) is 5.20. The first-order valence-corrected chi connectivity index (χ1v) is 6.15. The first-order valence-electron chi connectivity index (χ1n) is 6.15. The zero-order valence-electron chi connectivity index (χ0n) is 10.4. The van der Waals surface area contributed by atoms with Crippen LogP contribution in [0.25, 0.3) is 0 Å². The van der Waals surface area contributed by atoms with Crippen LogP contribution in [0.15, 0.2) is 30.3 Å². The zero-order chi connectivity index (χ0) is 11.4. The van der Waals surface area contributed by atoms with Crippen LogP contribution >= 0.6 is 0 Å². The van der Waals surface area contributed by atoms with E-state index in [1.165, 1.54) is 31.5 Å². The maximum absolute atomic E-state index is 3.71. The summed E-state index contributed by atoms with van der Waals surface area (Å²) in [6, 6.07) is 10.7. The van der Waals surface area contributed by atoms with Gasteiger partial charge in [0.05, 0.1) is 0 Å². The third-order valence-electron chi connectivity index (χ3n) is 3.65. The Morgan fingerprint density at radius 2 is 1.81 bits per heavy atom. The molecule has 0 bridgehead atoms. The van der Waals surface area contributed by atoms with Gasteiger partial charge < -0.3 is 10.2 Å². The molecule has 1 aliphatic rings. The maximum Gasteiger partial charge on any atom is 0.0210 e. The van der Waals surface area contributed by atoms with Gasteiger partial charge in [0.25, 0.3) is 0 Å². The smallest absolute Gasteiger partial charge is 0.0210 e. The average molecular weight is 218 g/mol. The van der Waals surface area contributed by atoms with Crippen molar-refractivity contribution in [2.24, 2.45) is 0 Å². The molecule has 88 valence electrons. The summed E-state index contributed by atoms with van der Waals surface area (Å²) in [6.45, 7) is 5.75. The number of piperidine rings is 1. The van der Waals surface area contributed by atoms with E-state index in [0.29, 0.717) is 5.54 Å². The average Bonchev–Trinajstić information content (AvgIpc) is 2.33. The second kappa shape index (κ2) is 4.98. The Kier molecular flexibility index (Phi) is 3.62. The largest absolute Gasteiger partial charge is 0.307 e. The summed E-state index contributed by atoms with van der Waals surface area (Å²) in [6.07, 6.45) is 2.49. The monoisotopic (exact) mass is 218 g/mol. The molecule has 1 saturated heterocycles. The third kappa shape index (κ3) is 3.06. The van der Waals surface area contributed by atoms with Crippen LogP contribution in [-0.2, 0) is 6.54 Å². The molecular formula is C14H22N2. The van der Waals surface area contributed by atoms with Crippen LogP contribution in [0.1, 0.15) is 25.3 Å². The van der Waals surface area contributed by atoms with Crippen molar-refractivity contribution in [2.75, 3.05) is 20.1 Å². The lowest BCUT2D eigenvalue weighted by Crippen LogP contribution is -2.50. The van der Waals surface area contributed by atoms with Crippen LogP contribution in [-0.4, -0.2) is 30.6 Å². The highest BCUT2D eigenvalue weighted by atomic mass is 15.1. The van der Waals surface area contributed by atoms with E-state index >= 15 is 0 Å². The Labute approximate surface area is 98.7 Å². The highest BCUT2D eigenvalue weighted by Crippen LogP contribution is 2.21. The lowest BCUT2D eigenvalue weighted by Gasteiger charge is -2.38. The van der Waals surface area contributed by atoms with Crippen molar-refractivity contribution < 1.29 is 0 Å². The van der Waals surface area contributed by atoms with E-state index in [0.717, 1.165) is 6.54 Å². The zero-order valence-corrected chi connectivity index (χ0v) is 10.4. The van der Waals surface area contributed by atoms with Gasteiger partial charge in [-0.1, -0.05) is 30.3 Å². The number of nitrogens with zero attached hydrogens (tertiary/aromatic N) is 1. The van der Waals surface area contributed by atoms with E-state index in [1.807, 2.05) is 0 Å². The molecule has 0 atom stereocenters. The van der Waals surface area contributed by atoms with Crippen LogP contribution in [0.4, 0.5) is 0 Å². The summed E-state index contributed by atoms with van der Waals surface area (Å²) in [7, 11) is 2.21. The van der Waals surface area contributed by atoms with Crippen LogP contribution in [0, 0.1) is 0 Å². The summed E-state index contributed by atoms with van der Waals surface area (Å²) in [5.74, 6) is 0. The van der Waals surface area contributed by atoms with E-state index in [9.17, 15) is 0 Å². The summed E-state index contributed by atoms with van der Waals surface area (Å²) in [4.78, 5) is 2.41. The normalized spacial score (nSPS) is 20.9. The predicted octanol–water partition coefficient (Wildman–Crippen LogP) is 2.26. The SMILES string of the molecule is CN1CCC(C)(NCc2ccccc2)CC1. The van der Waals surface area contributed by atoms with Crippen LogP contribution in [0.5, 0.6) is 0 Å². The van der Waals surface area contributed by atoms with Gasteiger partial charge in [-0.3, -0.25) is 0 Å². The number of nitrogens with one attached hydrogen (secondary N) is 1. The number of benzene rings is 1. The van der Waals surface area contributed by atoms with Crippen molar-refractivity contribution in [3.05, 3.63) is 35.9 Å². The number of rotatable bonds is 3. The van der Waals surface area contributed by atoms with E-state index in [1.54, 1.807) is 0 Å². The van der Waals surface area contributed by atoms with E-state index in [2.05, 4.69) is 54.5 Å². The molecule has 0 amide bonds. The van der Waals surface area contributed by atoms with Gasteiger partial charge in [-0.2, -0.15) is 0 Å². The van der Waals surface area contributed by atoms with Gasteiger partial charge in [-0.25, -0.2) is 0 Å². The third-order valence-corrected chi connectivity index (χ3v) is 3.65. The van der Waals surface area contributed by atoms with E-state index in [-0.39, 0.29) is 0 Å². The summed E-state index contributed by atoms with van der Waals surface area (Å²) in [5.41, 5.74) is 1.70. The predicted molar refractivity (Wildman–Crippen MR) is 68.4 cm³/mol. The molecule has 0 aromatic heterocycles. The lowest BCUT2D eigenvalue weighted by atomic mass is 9.89. The standard InChI is InChI=1S/C14H22N2/c1-14(8-10-16(2)11-9-14)15-12-13-6-4-3-5-7-13/h3-7,15H,8-12H2,1-2H3. The molecule has 1 heterocycles. The van der Waals surface area contributed by atoms with Crippen molar-refractivity contribution in [3.8, 4) is 0 Å². The first-order chi connectivity index (χ1) is 7.68. The molecule has 1 aromatic carbocycles. The maximum atomic E-state index is 3.71. The fourth-order valence-corrected chi connectivity index (χ4v) is 2.20. The molecule has 2 nitrogen and oxygen atoms in total. The van der Waals surface area contributed by atoms with Gasteiger partial charge in [-0.15, -0.1) is 0 Å². The van der Waals surface area contributed by atoms with Gasteiger partial charge in [-0.05, 0) is 45.5 Å².